The van der Waals surface area contributed by atoms with Crippen molar-refractivity contribution in [2.24, 2.45) is 5.92 Å². The Morgan fingerprint density at radius 3 is 1.73 bits per heavy atom. The molecule has 0 spiro atoms. The molecule has 2 aromatic rings. The van der Waals surface area contributed by atoms with Crippen molar-refractivity contribution in [3.05, 3.63) is 96.1 Å². The molecule has 2 aromatic carbocycles. The number of fused-ring (bicyclic) bond motifs is 3. The maximum absolute atomic E-state index is 10.2. The molecule has 0 aliphatic heterocycles. The Kier molecular flexibility index (Phi) is 2.84. The van der Waals surface area contributed by atoms with Crippen LogP contribution >= 0.6 is 0 Å². The van der Waals surface area contributed by atoms with Crippen molar-refractivity contribution >= 4 is 0 Å². The Labute approximate surface area is 130 Å². The van der Waals surface area contributed by atoms with E-state index in [-0.39, 0.29) is 5.92 Å². The molecule has 4 rings (SSSR count). The molecule has 0 aromatic heterocycles. The third kappa shape index (κ3) is 1.58. The van der Waals surface area contributed by atoms with Gasteiger partial charge in [-0.1, -0.05) is 85.0 Å². The number of nitriles is 1. The van der Waals surface area contributed by atoms with Crippen LogP contribution < -0.4 is 0 Å². The largest absolute Gasteiger partial charge is 0.197 e. The summed E-state index contributed by atoms with van der Waals surface area (Å²) in [4.78, 5) is 0. The summed E-state index contributed by atoms with van der Waals surface area (Å²) in [5.41, 5.74) is 3.93. The predicted octanol–water partition coefficient (Wildman–Crippen LogP) is 4.78. The Morgan fingerprint density at radius 1 is 0.727 bits per heavy atom. The summed E-state index contributed by atoms with van der Waals surface area (Å²) in [7, 11) is 0. The first-order valence-electron chi connectivity index (χ1n) is 7.50. The summed E-state index contributed by atoms with van der Waals surface area (Å²) in [6, 6.07) is 19.2. The fraction of sp³-hybridized carbons (Fsp3) is 0.0952. The lowest BCUT2D eigenvalue weighted by Gasteiger charge is -2.29. The summed E-state index contributed by atoms with van der Waals surface area (Å²) >= 11 is 0. The second-order valence-corrected chi connectivity index (χ2v) is 5.69. The smallest absolute Gasteiger partial charge is 0.118 e. The number of hydrogen-bond donors (Lipinski definition) is 0. The van der Waals surface area contributed by atoms with Crippen LogP contribution in [-0.4, -0.2) is 0 Å². The van der Waals surface area contributed by atoms with Crippen LogP contribution in [0.2, 0.25) is 0 Å². The maximum atomic E-state index is 10.2. The van der Waals surface area contributed by atoms with Crippen LogP contribution in [-0.2, 0) is 5.41 Å². The average Bonchev–Trinajstić information content (AvgIpc) is 2.73. The van der Waals surface area contributed by atoms with Crippen molar-refractivity contribution in [3.8, 4) is 17.2 Å². The van der Waals surface area contributed by atoms with Crippen molar-refractivity contribution in [3.63, 3.8) is 0 Å². The molecule has 1 heteroatoms. The molecule has 0 amide bonds. The van der Waals surface area contributed by atoms with E-state index in [0.29, 0.717) is 0 Å². The molecular weight excluding hydrogens is 266 g/mol. The van der Waals surface area contributed by atoms with Gasteiger partial charge in [-0.3, -0.25) is 0 Å². The van der Waals surface area contributed by atoms with E-state index in [1.54, 1.807) is 0 Å². The van der Waals surface area contributed by atoms with Crippen molar-refractivity contribution in [1.82, 2.24) is 0 Å². The summed E-state index contributed by atoms with van der Waals surface area (Å²) in [6.07, 6.45) is 12.3. The predicted molar refractivity (Wildman–Crippen MR) is 89.2 cm³/mol. The van der Waals surface area contributed by atoms with Gasteiger partial charge in [-0.25, -0.2) is 0 Å². The van der Waals surface area contributed by atoms with Gasteiger partial charge >= 0.3 is 0 Å². The van der Waals surface area contributed by atoms with Gasteiger partial charge in [0.15, 0.2) is 0 Å². The van der Waals surface area contributed by atoms with Crippen LogP contribution in [0.3, 0.4) is 0 Å². The zero-order valence-corrected chi connectivity index (χ0v) is 12.1. The fourth-order valence-corrected chi connectivity index (χ4v) is 3.67. The molecule has 0 unspecified atom stereocenters. The standard InChI is InChI=1S/C21H15N/c22-15-21(16-9-3-1-2-4-10-16)19-13-7-5-11-17(19)18-12-6-8-14-20(18)21/h1-14,16H. The molecule has 104 valence electrons. The lowest BCUT2D eigenvalue weighted by Crippen LogP contribution is -2.31. The van der Waals surface area contributed by atoms with Gasteiger partial charge < -0.3 is 0 Å². The van der Waals surface area contributed by atoms with Crippen LogP contribution in [0.25, 0.3) is 11.1 Å². The highest BCUT2D eigenvalue weighted by Gasteiger charge is 2.47. The van der Waals surface area contributed by atoms with E-state index in [1.165, 1.54) is 11.1 Å². The van der Waals surface area contributed by atoms with E-state index in [9.17, 15) is 5.26 Å². The van der Waals surface area contributed by atoms with Gasteiger partial charge in [0.1, 0.15) is 5.41 Å². The molecule has 0 fully saturated rings. The monoisotopic (exact) mass is 281 g/mol. The van der Waals surface area contributed by atoms with Gasteiger partial charge in [0.25, 0.3) is 0 Å². The highest BCUT2D eigenvalue weighted by atomic mass is 14.5. The topological polar surface area (TPSA) is 23.8 Å². The van der Waals surface area contributed by atoms with E-state index in [4.69, 9.17) is 0 Å². The minimum Gasteiger partial charge on any atom is -0.197 e. The number of hydrogen-bond acceptors (Lipinski definition) is 1. The highest BCUT2D eigenvalue weighted by Crippen LogP contribution is 2.53. The van der Waals surface area contributed by atoms with Crippen molar-refractivity contribution in [2.45, 2.75) is 5.41 Å². The zero-order valence-electron chi connectivity index (χ0n) is 12.1. The molecule has 1 nitrogen and oxygen atoms in total. The number of nitrogens with zero attached hydrogens (tertiary/aromatic N) is 1. The Bertz CT molecular complexity index is 800. The van der Waals surface area contributed by atoms with Crippen LogP contribution in [0.5, 0.6) is 0 Å². The van der Waals surface area contributed by atoms with Gasteiger partial charge in [-0.15, -0.1) is 0 Å². The third-order valence-corrected chi connectivity index (χ3v) is 4.64. The van der Waals surface area contributed by atoms with Crippen LogP contribution in [0.4, 0.5) is 0 Å². The second kappa shape index (κ2) is 4.86. The second-order valence-electron chi connectivity index (χ2n) is 5.69. The van der Waals surface area contributed by atoms with E-state index in [1.807, 2.05) is 48.6 Å². The molecule has 0 heterocycles. The summed E-state index contributed by atoms with van der Waals surface area (Å²) in [5, 5.41) is 10.2. The lowest BCUT2D eigenvalue weighted by molar-refractivity contribution is 0.571. The van der Waals surface area contributed by atoms with Gasteiger partial charge in [0.2, 0.25) is 0 Å². The molecule has 22 heavy (non-hydrogen) atoms. The van der Waals surface area contributed by atoms with E-state index < -0.39 is 5.41 Å². The molecule has 2 aliphatic carbocycles. The van der Waals surface area contributed by atoms with Gasteiger partial charge in [0.05, 0.1) is 6.07 Å². The maximum Gasteiger partial charge on any atom is 0.118 e. The average molecular weight is 281 g/mol. The molecule has 0 radical (unpaired) electrons. The summed E-state index contributed by atoms with van der Waals surface area (Å²) in [5.74, 6) is 0.0253. The molecule has 0 saturated heterocycles. The quantitative estimate of drug-likeness (QED) is 0.738. The lowest BCUT2D eigenvalue weighted by atomic mass is 9.69. The molecular formula is C21H15N. The SMILES string of the molecule is N#CC1(C2C=CC=CC=C2)c2ccccc2-c2ccccc21. The Hall–Kier alpha value is -2.85. The molecule has 0 atom stereocenters. The number of allylic oxidation sites excluding steroid dienone is 6. The molecule has 0 saturated carbocycles. The zero-order chi connectivity index (χ0) is 15.0. The van der Waals surface area contributed by atoms with Crippen LogP contribution in [0, 0.1) is 17.2 Å². The third-order valence-electron chi connectivity index (χ3n) is 4.64. The van der Waals surface area contributed by atoms with E-state index >= 15 is 0 Å². The minimum atomic E-state index is -0.647. The molecule has 0 bridgehead atoms. The Morgan fingerprint density at radius 2 is 1.23 bits per heavy atom. The summed E-state index contributed by atoms with van der Waals surface area (Å²) in [6.45, 7) is 0. The highest BCUT2D eigenvalue weighted by molar-refractivity contribution is 5.83. The summed E-state index contributed by atoms with van der Waals surface area (Å²) < 4.78 is 0. The number of benzene rings is 2. The van der Waals surface area contributed by atoms with Gasteiger partial charge in [0, 0.05) is 5.92 Å². The van der Waals surface area contributed by atoms with Crippen LogP contribution in [0.1, 0.15) is 11.1 Å². The first-order chi connectivity index (χ1) is 10.9. The van der Waals surface area contributed by atoms with Crippen LogP contribution in [0.15, 0.2) is 85.0 Å². The van der Waals surface area contributed by atoms with Gasteiger partial charge in [-0.05, 0) is 22.3 Å². The first-order valence-corrected chi connectivity index (χ1v) is 7.50. The van der Waals surface area contributed by atoms with Crippen molar-refractivity contribution in [1.29, 1.82) is 5.26 Å². The van der Waals surface area contributed by atoms with Crippen molar-refractivity contribution in [2.75, 3.05) is 0 Å². The van der Waals surface area contributed by atoms with Crippen molar-refractivity contribution < 1.29 is 0 Å². The first kappa shape index (κ1) is 12.9. The van der Waals surface area contributed by atoms with E-state index in [0.717, 1.165) is 11.1 Å². The Balaban J connectivity index is 2.06. The molecule has 2 aliphatic rings. The van der Waals surface area contributed by atoms with E-state index in [2.05, 4.69) is 42.5 Å². The number of rotatable bonds is 1. The minimum absolute atomic E-state index is 0.0253. The normalized spacial score (nSPS) is 17.6. The molecule has 0 N–H and O–H groups in total. The fourth-order valence-electron chi connectivity index (χ4n) is 3.67. The van der Waals surface area contributed by atoms with Gasteiger partial charge in [-0.2, -0.15) is 5.26 Å².